The van der Waals surface area contributed by atoms with Crippen molar-refractivity contribution in [1.29, 1.82) is 0 Å². The summed E-state index contributed by atoms with van der Waals surface area (Å²) in [7, 11) is 0. The molecule has 126 valence electrons. The number of aryl methyl sites for hydroxylation is 1. The van der Waals surface area contributed by atoms with E-state index in [0.717, 1.165) is 11.1 Å². The third-order valence-electron chi connectivity index (χ3n) is 3.63. The van der Waals surface area contributed by atoms with E-state index in [1.807, 2.05) is 52.0 Å². The topological polar surface area (TPSA) is 55.8 Å². The van der Waals surface area contributed by atoms with Crippen LogP contribution in [-0.2, 0) is 20.7 Å². The van der Waals surface area contributed by atoms with Gasteiger partial charge in [0.1, 0.15) is 11.6 Å². The van der Waals surface area contributed by atoms with Crippen LogP contribution in [0.2, 0.25) is 0 Å². The quantitative estimate of drug-likeness (QED) is 0.859. The monoisotopic (exact) mass is 319 g/mol. The van der Waals surface area contributed by atoms with E-state index in [1.165, 1.54) is 4.90 Å². The number of carbonyl (C=O) groups excluding carboxylic acids is 2. The maximum absolute atomic E-state index is 12.6. The van der Waals surface area contributed by atoms with Crippen molar-refractivity contribution in [3.8, 4) is 0 Å². The number of nitrogens with zero attached hydrogens (tertiary/aromatic N) is 1. The van der Waals surface area contributed by atoms with Crippen molar-refractivity contribution in [3.63, 3.8) is 0 Å². The first-order valence-corrected chi connectivity index (χ1v) is 7.92. The predicted octanol–water partition coefficient (Wildman–Crippen LogP) is 2.74. The number of benzene rings is 1. The average Bonchev–Trinajstić information content (AvgIpc) is 2.48. The van der Waals surface area contributed by atoms with Crippen LogP contribution in [0.1, 0.15) is 31.9 Å². The first-order valence-electron chi connectivity index (χ1n) is 7.92. The molecule has 0 aliphatic carbocycles. The molecule has 0 aromatic heterocycles. The SMILES string of the molecule is Cc1ccc(CC(=O)C2COCCN2C(=O)OC(C)(C)C)cc1. The van der Waals surface area contributed by atoms with Crippen molar-refractivity contribution in [2.75, 3.05) is 19.8 Å². The van der Waals surface area contributed by atoms with Crippen LogP contribution in [0.3, 0.4) is 0 Å². The van der Waals surface area contributed by atoms with Crippen LogP contribution in [0.25, 0.3) is 0 Å². The summed E-state index contributed by atoms with van der Waals surface area (Å²) < 4.78 is 10.8. The fourth-order valence-electron chi connectivity index (χ4n) is 2.43. The lowest BCUT2D eigenvalue weighted by Gasteiger charge is -2.35. The Morgan fingerprint density at radius 2 is 1.91 bits per heavy atom. The summed E-state index contributed by atoms with van der Waals surface area (Å²) in [4.78, 5) is 26.4. The highest BCUT2D eigenvalue weighted by Gasteiger charge is 2.35. The summed E-state index contributed by atoms with van der Waals surface area (Å²) in [5.74, 6) is -0.0283. The highest BCUT2D eigenvalue weighted by atomic mass is 16.6. The minimum absolute atomic E-state index is 0.0283. The van der Waals surface area contributed by atoms with Gasteiger partial charge in [-0.05, 0) is 33.3 Å². The van der Waals surface area contributed by atoms with Crippen molar-refractivity contribution >= 4 is 11.9 Å². The molecular weight excluding hydrogens is 294 g/mol. The Kier molecular flexibility index (Phi) is 5.42. The Balaban J connectivity index is 2.06. The van der Waals surface area contributed by atoms with E-state index in [4.69, 9.17) is 9.47 Å². The van der Waals surface area contributed by atoms with Crippen LogP contribution >= 0.6 is 0 Å². The van der Waals surface area contributed by atoms with Crippen molar-refractivity contribution in [2.24, 2.45) is 0 Å². The van der Waals surface area contributed by atoms with Gasteiger partial charge < -0.3 is 9.47 Å². The lowest BCUT2D eigenvalue weighted by atomic mass is 10.0. The maximum atomic E-state index is 12.6. The third kappa shape index (κ3) is 5.06. The van der Waals surface area contributed by atoms with Crippen LogP contribution in [0.15, 0.2) is 24.3 Å². The molecule has 1 aliphatic rings. The van der Waals surface area contributed by atoms with Gasteiger partial charge in [0.25, 0.3) is 0 Å². The Hall–Kier alpha value is -1.88. The molecule has 0 saturated carbocycles. The number of morpholine rings is 1. The van der Waals surface area contributed by atoms with E-state index >= 15 is 0 Å². The van der Waals surface area contributed by atoms with E-state index in [0.29, 0.717) is 13.2 Å². The largest absolute Gasteiger partial charge is 0.444 e. The molecule has 0 radical (unpaired) electrons. The molecule has 0 spiro atoms. The molecule has 0 N–H and O–H groups in total. The van der Waals surface area contributed by atoms with Gasteiger partial charge in [-0.25, -0.2) is 4.79 Å². The van der Waals surface area contributed by atoms with E-state index in [-0.39, 0.29) is 18.8 Å². The molecule has 5 heteroatoms. The highest BCUT2D eigenvalue weighted by Crippen LogP contribution is 2.17. The Labute approximate surface area is 137 Å². The maximum Gasteiger partial charge on any atom is 0.411 e. The van der Waals surface area contributed by atoms with E-state index in [1.54, 1.807) is 0 Å². The summed E-state index contributed by atoms with van der Waals surface area (Å²) in [6, 6.07) is 7.25. The van der Waals surface area contributed by atoms with Crippen molar-refractivity contribution < 1.29 is 19.1 Å². The van der Waals surface area contributed by atoms with Crippen LogP contribution in [0.4, 0.5) is 4.79 Å². The number of amides is 1. The highest BCUT2D eigenvalue weighted by molar-refractivity contribution is 5.89. The first-order chi connectivity index (χ1) is 10.8. The molecule has 2 rings (SSSR count). The Morgan fingerprint density at radius 1 is 1.26 bits per heavy atom. The summed E-state index contributed by atoms with van der Waals surface area (Å²) in [6.45, 7) is 8.47. The minimum Gasteiger partial charge on any atom is -0.444 e. The van der Waals surface area contributed by atoms with E-state index in [9.17, 15) is 9.59 Å². The van der Waals surface area contributed by atoms with Gasteiger partial charge in [0.2, 0.25) is 0 Å². The predicted molar refractivity (Wildman–Crippen MR) is 87.4 cm³/mol. The van der Waals surface area contributed by atoms with Crippen molar-refractivity contribution in [3.05, 3.63) is 35.4 Å². The summed E-state index contributed by atoms with van der Waals surface area (Å²) in [5, 5.41) is 0. The van der Waals surface area contributed by atoms with Gasteiger partial charge in [0.05, 0.1) is 13.2 Å². The van der Waals surface area contributed by atoms with Crippen LogP contribution in [0.5, 0.6) is 0 Å². The van der Waals surface area contributed by atoms with Crippen LogP contribution in [-0.4, -0.2) is 48.2 Å². The molecule has 0 bridgehead atoms. The second-order valence-corrected chi connectivity index (χ2v) is 6.89. The van der Waals surface area contributed by atoms with Gasteiger partial charge in [-0.2, -0.15) is 0 Å². The van der Waals surface area contributed by atoms with Crippen LogP contribution < -0.4 is 0 Å². The fraction of sp³-hybridized carbons (Fsp3) is 0.556. The van der Waals surface area contributed by atoms with Gasteiger partial charge in [0, 0.05) is 13.0 Å². The number of ether oxygens (including phenoxy) is 2. The molecule has 1 aliphatic heterocycles. The molecule has 1 unspecified atom stereocenters. The lowest BCUT2D eigenvalue weighted by Crippen LogP contribution is -2.54. The van der Waals surface area contributed by atoms with Crippen molar-refractivity contribution in [2.45, 2.75) is 45.8 Å². The molecule has 1 saturated heterocycles. The smallest absolute Gasteiger partial charge is 0.411 e. The second-order valence-electron chi connectivity index (χ2n) is 6.89. The Bertz CT molecular complexity index is 559. The van der Waals surface area contributed by atoms with Gasteiger partial charge in [-0.15, -0.1) is 0 Å². The Morgan fingerprint density at radius 3 is 2.52 bits per heavy atom. The minimum atomic E-state index is -0.583. The summed E-state index contributed by atoms with van der Waals surface area (Å²) >= 11 is 0. The zero-order valence-electron chi connectivity index (χ0n) is 14.3. The molecule has 1 atom stereocenters. The van der Waals surface area contributed by atoms with E-state index < -0.39 is 17.7 Å². The molecule has 23 heavy (non-hydrogen) atoms. The number of ketones is 1. The molecule has 1 fully saturated rings. The molecule has 1 aromatic rings. The normalized spacial score (nSPS) is 18.6. The lowest BCUT2D eigenvalue weighted by molar-refractivity contribution is -0.129. The number of carbonyl (C=O) groups is 2. The fourth-order valence-corrected chi connectivity index (χ4v) is 2.43. The molecular formula is C18H25NO4. The van der Waals surface area contributed by atoms with Crippen molar-refractivity contribution in [1.82, 2.24) is 4.90 Å². The van der Waals surface area contributed by atoms with Gasteiger partial charge in [-0.1, -0.05) is 29.8 Å². The standard InChI is InChI=1S/C18H25NO4/c1-13-5-7-14(8-6-13)11-16(20)15-12-22-10-9-19(15)17(21)23-18(2,3)4/h5-8,15H,9-12H2,1-4H3. The number of Topliss-reactive ketones (excluding diaryl/α,β-unsaturated/α-hetero) is 1. The second kappa shape index (κ2) is 7.13. The van der Waals surface area contributed by atoms with Gasteiger partial charge in [-0.3, -0.25) is 9.69 Å². The number of hydrogen-bond acceptors (Lipinski definition) is 4. The van der Waals surface area contributed by atoms with Gasteiger partial charge in [0.15, 0.2) is 5.78 Å². The summed E-state index contributed by atoms with van der Waals surface area (Å²) in [5.41, 5.74) is 1.51. The number of hydrogen-bond donors (Lipinski definition) is 0. The van der Waals surface area contributed by atoms with Gasteiger partial charge >= 0.3 is 6.09 Å². The molecule has 1 heterocycles. The zero-order valence-corrected chi connectivity index (χ0v) is 14.3. The summed E-state index contributed by atoms with van der Waals surface area (Å²) in [6.07, 6.45) is -0.170. The number of rotatable bonds is 3. The third-order valence-corrected chi connectivity index (χ3v) is 3.63. The zero-order chi connectivity index (χ0) is 17.0. The average molecular weight is 319 g/mol. The molecule has 1 amide bonds. The van der Waals surface area contributed by atoms with Crippen LogP contribution in [0, 0.1) is 6.92 Å². The van der Waals surface area contributed by atoms with E-state index in [2.05, 4.69) is 0 Å². The molecule has 1 aromatic carbocycles. The first kappa shape index (κ1) is 17.5. The molecule has 5 nitrogen and oxygen atoms in total.